The molecule has 1 N–H and O–H groups in total. The Labute approximate surface area is 175 Å². The number of hydrogen-bond acceptors (Lipinski definition) is 5. The molecule has 1 aromatic heterocycles. The van der Waals surface area contributed by atoms with Crippen molar-refractivity contribution in [2.45, 2.75) is 38.6 Å². The molecule has 2 aromatic carbocycles. The second kappa shape index (κ2) is 8.90. The number of nitrogens with zero attached hydrogens (tertiary/aromatic N) is 3. The van der Waals surface area contributed by atoms with Crippen LogP contribution in [0.5, 0.6) is 0 Å². The molecule has 1 atom stereocenters. The fourth-order valence-electron chi connectivity index (χ4n) is 3.72. The maximum atomic E-state index is 12.8. The standard InChI is InChI=1S/C23H24N4O3/c1-16-24-22(30-26-16)15-20(18-8-3-2-4-9-18)25-21(28)14-17-7-5-10-19(13-17)27-12-6-11-23(27)29/h2-5,7-10,13,20H,6,11-12,14-15H2,1H3,(H,25,28). The van der Waals surface area contributed by atoms with Crippen molar-refractivity contribution in [2.24, 2.45) is 0 Å². The summed E-state index contributed by atoms with van der Waals surface area (Å²) in [7, 11) is 0. The lowest BCUT2D eigenvalue weighted by molar-refractivity contribution is -0.121. The Balaban J connectivity index is 1.47. The number of hydrogen-bond donors (Lipinski definition) is 1. The molecular weight excluding hydrogens is 380 g/mol. The minimum Gasteiger partial charge on any atom is -0.348 e. The van der Waals surface area contributed by atoms with Crippen LogP contribution in [0.3, 0.4) is 0 Å². The van der Waals surface area contributed by atoms with Gasteiger partial charge in [-0.2, -0.15) is 4.98 Å². The van der Waals surface area contributed by atoms with Crippen molar-refractivity contribution in [2.75, 3.05) is 11.4 Å². The molecular formula is C23H24N4O3. The molecule has 1 unspecified atom stereocenters. The molecule has 1 aliphatic rings. The summed E-state index contributed by atoms with van der Waals surface area (Å²) < 4.78 is 5.25. The second-order valence-electron chi connectivity index (χ2n) is 7.47. The number of rotatable bonds is 7. The number of carbonyl (C=O) groups is 2. The lowest BCUT2D eigenvalue weighted by Gasteiger charge is -2.19. The fraction of sp³-hybridized carbons (Fsp3) is 0.304. The molecule has 0 spiro atoms. The van der Waals surface area contributed by atoms with E-state index in [1.165, 1.54) is 0 Å². The molecule has 1 saturated heterocycles. The van der Waals surface area contributed by atoms with E-state index in [0.29, 0.717) is 24.6 Å². The zero-order chi connectivity index (χ0) is 20.9. The van der Waals surface area contributed by atoms with E-state index in [-0.39, 0.29) is 24.3 Å². The summed E-state index contributed by atoms with van der Waals surface area (Å²) in [4.78, 5) is 30.9. The van der Waals surface area contributed by atoms with Crippen molar-refractivity contribution in [3.05, 3.63) is 77.4 Å². The van der Waals surface area contributed by atoms with Crippen LogP contribution in [0.2, 0.25) is 0 Å². The van der Waals surface area contributed by atoms with Crippen molar-refractivity contribution in [1.82, 2.24) is 15.5 Å². The maximum Gasteiger partial charge on any atom is 0.229 e. The average molecular weight is 404 g/mol. The summed E-state index contributed by atoms with van der Waals surface area (Å²) in [6, 6.07) is 17.1. The molecule has 3 aromatic rings. The minimum atomic E-state index is -0.276. The number of aryl methyl sites for hydroxylation is 1. The van der Waals surface area contributed by atoms with E-state index in [2.05, 4.69) is 15.5 Å². The van der Waals surface area contributed by atoms with Crippen molar-refractivity contribution < 1.29 is 14.1 Å². The van der Waals surface area contributed by atoms with Crippen molar-refractivity contribution in [3.63, 3.8) is 0 Å². The van der Waals surface area contributed by atoms with Gasteiger partial charge in [0.05, 0.1) is 18.9 Å². The topological polar surface area (TPSA) is 88.3 Å². The Kier molecular flexibility index (Phi) is 5.88. The first-order valence-corrected chi connectivity index (χ1v) is 10.1. The highest BCUT2D eigenvalue weighted by atomic mass is 16.5. The quantitative estimate of drug-likeness (QED) is 0.654. The van der Waals surface area contributed by atoms with Crippen molar-refractivity contribution in [3.8, 4) is 0 Å². The third-order valence-corrected chi connectivity index (χ3v) is 5.15. The molecule has 7 nitrogen and oxygen atoms in total. The van der Waals surface area contributed by atoms with E-state index in [0.717, 1.165) is 29.8 Å². The SMILES string of the molecule is Cc1noc(CC(NC(=O)Cc2cccc(N3CCCC3=O)c2)c2ccccc2)n1. The molecule has 1 aliphatic heterocycles. The lowest BCUT2D eigenvalue weighted by atomic mass is 10.0. The maximum absolute atomic E-state index is 12.8. The molecule has 2 amide bonds. The van der Waals surface area contributed by atoms with Gasteiger partial charge in [0.2, 0.25) is 17.7 Å². The molecule has 0 saturated carbocycles. The molecule has 4 rings (SSSR count). The van der Waals surface area contributed by atoms with Crippen molar-refractivity contribution in [1.29, 1.82) is 0 Å². The van der Waals surface area contributed by atoms with E-state index in [4.69, 9.17) is 4.52 Å². The third-order valence-electron chi connectivity index (χ3n) is 5.15. The highest BCUT2D eigenvalue weighted by Crippen LogP contribution is 2.23. The van der Waals surface area contributed by atoms with E-state index in [1.54, 1.807) is 11.8 Å². The van der Waals surface area contributed by atoms with Gasteiger partial charge in [-0.3, -0.25) is 9.59 Å². The third kappa shape index (κ3) is 4.74. The van der Waals surface area contributed by atoms with Crippen molar-refractivity contribution >= 4 is 17.5 Å². The van der Waals surface area contributed by atoms with E-state index in [1.807, 2.05) is 54.6 Å². The predicted octanol–water partition coefficient (Wildman–Crippen LogP) is 3.15. The van der Waals surface area contributed by atoms with E-state index >= 15 is 0 Å². The van der Waals surface area contributed by atoms with Crippen LogP contribution in [-0.2, 0) is 22.4 Å². The summed E-state index contributed by atoms with van der Waals surface area (Å²) in [5.74, 6) is 1.08. The number of anilines is 1. The first-order valence-electron chi connectivity index (χ1n) is 10.1. The zero-order valence-electron chi connectivity index (χ0n) is 16.9. The smallest absolute Gasteiger partial charge is 0.229 e. The van der Waals surface area contributed by atoms with Gasteiger partial charge in [-0.05, 0) is 36.6 Å². The van der Waals surface area contributed by atoms with Crippen LogP contribution in [0.1, 0.15) is 41.7 Å². The van der Waals surface area contributed by atoms with Gasteiger partial charge in [0.15, 0.2) is 5.82 Å². The molecule has 2 heterocycles. The Bertz CT molecular complexity index is 1030. The Morgan fingerprint density at radius 3 is 2.73 bits per heavy atom. The summed E-state index contributed by atoms with van der Waals surface area (Å²) >= 11 is 0. The summed E-state index contributed by atoms with van der Waals surface area (Å²) in [5.41, 5.74) is 2.69. The summed E-state index contributed by atoms with van der Waals surface area (Å²) in [6.45, 7) is 2.50. The van der Waals surface area contributed by atoms with Crippen LogP contribution < -0.4 is 10.2 Å². The zero-order valence-corrected chi connectivity index (χ0v) is 16.9. The first-order chi connectivity index (χ1) is 14.6. The Morgan fingerprint density at radius 2 is 2.03 bits per heavy atom. The molecule has 0 bridgehead atoms. The number of carbonyl (C=O) groups excluding carboxylic acids is 2. The summed E-state index contributed by atoms with van der Waals surface area (Å²) in [5, 5.41) is 6.92. The van der Waals surface area contributed by atoms with Gasteiger partial charge < -0.3 is 14.7 Å². The molecule has 0 radical (unpaired) electrons. The average Bonchev–Trinajstić information content (AvgIpc) is 3.36. The molecule has 30 heavy (non-hydrogen) atoms. The Hall–Kier alpha value is -3.48. The first kappa shape index (κ1) is 19.8. The van der Waals surface area contributed by atoms with E-state index < -0.39 is 0 Å². The van der Waals surface area contributed by atoms with Crippen LogP contribution in [0.25, 0.3) is 0 Å². The fourth-order valence-corrected chi connectivity index (χ4v) is 3.72. The number of amides is 2. The molecule has 0 aliphatic carbocycles. The molecule has 7 heteroatoms. The monoisotopic (exact) mass is 404 g/mol. The van der Waals surface area contributed by atoms with Gasteiger partial charge in [0.25, 0.3) is 0 Å². The second-order valence-corrected chi connectivity index (χ2v) is 7.47. The largest absolute Gasteiger partial charge is 0.348 e. The number of aromatic nitrogens is 2. The summed E-state index contributed by atoms with van der Waals surface area (Å²) in [6.07, 6.45) is 2.09. The predicted molar refractivity (Wildman–Crippen MR) is 112 cm³/mol. The highest BCUT2D eigenvalue weighted by Gasteiger charge is 2.22. The van der Waals surface area contributed by atoms with Gasteiger partial charge in [0.1, 0.15) is 0 Å². The highest BCUT2D eigenvalue weighted by molar-refractivity contribution is 5.95. The van der Waals surface area contributed by atoms with Gasteiger partial charge in [0, 0.05) is 18.7 Å². The van der Waals surface area contributed by atoms with Gasteiger partial charge >= 0.3 is 0 Å². The van der Waals surface area contributed by atoms with Gasteiger partial charge in [-0.1, -0.05) is 47.6 Å². The van der Waals surface area contributed by atoms with Gasteiger partial charge in [-0.15, -0.1) is 0 Å². The Morgan fingerprint density at radius 1 is 1.20 bits per heavy atom. The number of benzene rings is 2. The van der Waals surface area contributed by atoms with Crippen LogP contribution in [0, 0.1) is 6.92 Å². The van der Waals surface area contributed by atoms with Crippen LogP contribution in [0.15, 0.2) is 59.1 Å². The lowest BCUT2D eigenvalue weighted by Crippen LogP contribution is -2.31. The minimum absolute atomic E-state index is 0.106. The van der Waals surface area contributed by atoms with Gasteiger partial charge in [-0.25, -0.2) is 0 Å². The van der Waals surface area contributed by atoms with Crippen LogP contribution >= 0.6 is 0 Å². The number of nitrogens with one attached hydrogen (secondary N) is 1. The molecule has 1 fully saturated rings. The normalized spacial score (nSPS) is 14.7. The van der Waals surface area contributed by atoms with Crippen LogP contribution in [-0.4, -0.2) is 28.5 Å². The van der Waals surface area contributed by atoms with Crippen LogP contribution in [0.4, 0.5) is 5.69 Å². The molecule has 154 valence electrons. The van der Waals surface area contributed by atoms with E-state index in [9.17, 15) is 9.59 Å².